The molecular weight excluding hydrogens is 336 g/mol. The minimum Gasteiger partial charge on any atom is -0.472 e. The molecule has 0 aliphatic carbocycles. The molecule has 1 atom stereocenters. The molecule has 1 aromatic carbocycles. The van der Waals surface area contributed by atoms with Gasteiger partial charge in [-0.3, -0.25) is 10.1 Å². The third-order valence-electron chi connectivity index (χ3n) is 3.68. The van der Waals surface area contributed by atoms with Crippen LogP contribution in [0.1, 0.15) is 12.0 Å². The first-order valence-electron chi connectivity index (χ1n) is 7.59. The summed E-state index contributed by atoms with van der Waals surface area (Å²) in [5.41, 5.74) is -0.367. The zero-order chi connectivity index (χ0) is 17.8. The summed E-state index contributed by atoms with van der Waals surface area (Å²) in [7, 11) is 0. The predicted molar refractivity (Wildman–Crippen MR) is 84.4 cm³/mol. The van der Waals surface area contributed by atoms with Crippen LogP contribution in [0.25, 0.3) is 0 Å². The first kappa shape index (κ1) is 17.0. The van der Waals surface area contributed by atoms with E-state index in [0.717, 1.165) is 6.42 Å². The number of anilines is 1. The van der Waals surface area contributed by atoms with Gasteiger partial charge >= 0.3 is 0 Å². The summed E-state index contributed by atoms with van der Waals surface area (Å²) in [5, 5.41) is 13.2. The number of hydrogen-bond donors (Lipinski definition) is 1. The van der Waals surface area contributed by atoms with Gasteiger partial charge in [0, 0.05) is 25.2 Å². The lowest BCUT2D eigenvalue weighted by Crippen LogP contribution is -2.16. The van der Waals surface area contributed by atoms with Gasteiger partial charge in [-0.15, -0.1) is 0 Å². The third kappa shape index (κ3) is 4.18. The Morgan fingerprint density at radius 3 is 2.76 bits per heavy atom. The van der Waals surface area contributed by atoms with E-state index >= 15 is 0 Å². The molecule has 132 valence electrons. The van der Waals surface area contributed by atoms with E-state index < -0.39 is 27.9 Å². The molecule has 2 heterocycles. The van der Waals surface area contributed by atoms with E-state index in [0.29, 0.717) is 36.8 Å². The van der Waals surface area contributed by atoms with Gasteiger partial charge in [-0.05, 0) is 11.6 Å². The molecule has 1 aromatic heterocycles. The van der Waals surface area contributed by atoms with E-state index in [1.165, 1.54) is 6.20 Å². The molecule has 0 radical (unpaired) electrons. The molecule has 0 saturated carbocycles. The predicted octanol–water partition coefficient (Wildman–Crippen LogP) is 3.05. The van der Waals surface area contributed by atoms with E-state index in [1.807, 2.05) is 0 Å². The number of rotatable bonds is 6. The van der Waals surface area contributed by atoms with Crippen LogP contribution in [0.5, 0.6) is 5.88 Å². The molecule has 0 spiro atoms. The lowest BCUT2D eigenvalue weighted by molar-refractivity contribution is -0.385. The van der Waals surface area contributed by atoms with Gasteiger partial charge in [0.25, 0.3) is 5.69 Å². The molecule has 1 N–H and O–H groups in total. The van der Waals surface area contributed by atoms with Crippen molar-refractivity contribution in [3.8, 4) is 5.88 Å². The maximum atomic E-state index is 13.9. The highest BCUT2D eigenvalue weighted by Gasteiger charge is 2.19. The number of halogens is 2. The normalized spacial score (nSPS) is 16.6. The van der Waals surface area contributed by atoms with Gasteiger partial charge in [-0.25, -0.2) is 13.8 Å². The lowest BCUT2D eigenvalue weighted by atomic mass is 10.2. The molecular formula is C16H15F2N3O4. The van der Waals surface area contributed by atoms with Gasteiger partial charge in [0.2, 0.25) is 5.88 Å². The van der Waals surface area contributed by atoms with E-state index in [1.54, 1.807) is 12.1 Å². The topological polar surface area (TPSA) is 86.5 Å². The Morgan fingerprint density at radius 2 is 2.12 bits per heavy atom. The highest BCUT2D eigenvalue weighted by atomic mass is 19.1. The zero-order valence-electron chi connectivity index (χ0n) is 13.1. The van der Waals surface area contributed by atoms with Crippen molar-refractivity contribution in [2.45, 2.75) is 19.1 Å². The number of nitrogens with one attached hydrogen (secondary N) is 1. The molecule has 1 aliphatic rings. The van der Waals surface area contributed by atoms with Gasteiger partial charge in [-0.1, -0.05) is 0 Å². The second kappa shape index (κ2) is 7.39. The molecule has 3 rings (SSSR count). The molecule has 9 heteroatoms. The summed E-state index contributed by atoms with van der Waals surface area (Å²) in [6.07, 6.45) is 2.26. The maximum Gasteiger partial charge on any atom is 0.275 e. The minimum atomic E-state index is -1.03. The van der Waals surface area contributed by atoms with Crippen molar-refractivity contribution in [2.75, 3.05) is 18.5 Å². The fraction of sp³-hybridized carbons (Fsp3) is 0.312. The SMILES string of the molecule is O=[N+]([O-])c1cc(F)c(NCc2ccnc(OC3CCOC3)c2)c(F)c1. The molecule has 2 aromatic rings. The number of hydrogen-bond acceptors (Lipinski definition) is 6. The van der Waals surface area contributed by atoms with Crippen molar-refractivity contribution in [2.24, 2.45) is 0 Å². The van der Waals surface area contributed by atoms with Crippen LogP contribution in [-0.4, -0.2) is 29.2 Å². The third-order valence-corrected chi connectivity index (χ3v) is 3.68. The first-order valence-corrected chi connectivity index (χ1v) is 7.59. The van der Waals surface area contributed by atoms with E-state index in [4.69, 9.17) is 9.47 Å². The highest BCUT2D eigenvalue weighted by Crippen LogP contribution is 2.25. The summed E-state index contributed by atoms with van der Waals surface area (Å²) in [4.78, 5) is 13.8. The van der Waals surface area contributed by atoms with Crippen LogP contribution < -0.4 is 10.1 Å². The van der Waals surface area contributed by atoms with Crippen LogP contribution in [0, 0.1) is 21.7 Å². The number of nitro benzene ring substituents is 1. The number of ether oxygens (including phenoxy) is 2. The molecule has 1 unspecified atom stereocenters. The Morgan fingerprint density at radius 1 is 1.36 bits per heavy atom. The van der Waals surface area contributed by atoms with Gasteiger partial charge < -0.3 is 14.8 Å². The Balaban J connectivity index is 1.68. The van der Waals surface area contributed by atoms with Crippen LogP contribution in [0.2, 0.25) is 0 Å². The van der Waals surface area contributed by atoms with Crippen molar-refractivity contribution in [1.82, 2.24) is 4.98 Å². The summed E-state index contributed by atoms with van der Waals surface area (Å²) in [6.45, 7) is 1.25. The van der Waals surface area contributed by atoms with Gasteiger partial charge in [0.1, 0.15) is 11.8 Å². The quantitative estimate of drug-likeness (QED) is 0.636. The average molecular weight is 351 g/mol. The van der Waals surface area contributed by atoms with Gasteiger partial charge in [0.05, 0.1) is 30.3 Å². The second-order valence-corrected chi connectivity index (χ2v) is 5.50. The molecule has 7 nitrogen and oxygen atoms in total. The second-order valence-electron chi connectivity index (χ2n) is 5.50. The summed E-state index contributed by atoms with van der Waals surface area (Å²) in [6, 6.07) is 4.68. The number of pyridine rings is 1. The van der Waals surface area contributed by atoms with Crippen LogP contribution in [0.15, 0.2) is 30.5 Å². The van der Waals surface area contributed by atoms with Crippen molar-refractivity contribution in [3.63, 3.8) is 0 Å². The number of aromatic nitrogens is 1. The maximum absolute atomic E-state index is 13.9. The Kier molecular flexibility index (Phi) is 5.03. The number of nitrogens with zero attached hydrogens (tertiary/aromatic N) is 2. The Hall–Kier alpha value is -2.81. The summed E-state index contributed by atoms with van der Waals surface area (Å²) in [5.74, 6) is -1.65. The van der Waals surface area contributed by atoms with Crippen LogP contribution in [-0.2, 0) is 11.3 Å². The molecule has 25 heavy (non-hydrogen) atoms. The molecule has 1 aliphatic heterocycles. The van der Waals surface area contributed by atoms with Gasteiger partial charge in [-0.2, -0.15) is 0 Å². The Labute approximate surface area is 141 Å². The van der Waals surface area contributed by atoms with Crippen molar-refractivity contribution in [1.29, 1.82) is 0 Å². The minimum absolute atomic E-state index is 0.0553. The highest BCUT2D eigenvalue weighted by molar-refractivity contribution is 5.52. The largest absolute Gasteiger partial charge is 0.472 e. The standard InChI is InChI=1S/C16H15F2N3O4/c17-13-6-11(21(22)23)7-14(18)16(13)20-8-10-1-3-19-15(5-10)25-12-2-4-24-9-12/h1,3,5-7,12,20H,2,4,8-9H2. The lowest BCUT2D eigenvalue weighted by Gasteiger charge is -2.12. The zero-order valence-corrected chi connectivity index (χ0v) is 13.1. The first-order chi connectivity index (χ1) is 12.0. The molecule has 1 saturated heterocycles. The van der Waals surface area contributed by atoms with E-state index in [-0.39, 0.29) is 12.6 Å². The number of nitro groups is 1. The molecule has 0 bridgehead atoms. The summed E-state index contributed by atoms with van der Waals surface area (Å²) < 4.78 is 38.6. The smallest absolute Gasteiger partial charge is 0.275 e. The van der Waals surface area contributed by atoms with Crippen LogP contribution in [0.4, 0.5) is 20.2 Å². The van der Waals surface area contributed by atoms with Crippen molar-refractivity contribution < 1.29 is 23.2 Å². The molecule has 1 fully saturated rings. The van der Waals surface area contributed by atoms with Crippen LogP contribution >= 0.6 is 0 Å². The van der Waals surface area contributed by atoms with E-state index in [2.05, 4.69) is 10.3 Å². The average Bonchev–Trinajstić information content (AvgIpc) is 3.07. The van der Waals surface area contributed by atoms with Crippen molar-refractivity contribution >= 4 is 11.4 Å². The van der Waals surface area contributed by atoms with Gasteiger partial charge in [0.15, 0.2) is 11.6 Å². The Bertz CT molecular complexity index is 759. The van der Waals surface area contributed by atoms with E-state index in [9.17, 15) is 18.9 Å². The monoisotopic (exact) mass is 351 g/mol. The fourth-order valence-corrected chi connectivity index (χ4v) is 2.43. The number of non-ortho nitro benzene ring substituents is 1. The molecule has 0 amide bonds. The number of benzene rings is 1. The fourth-order valence-electron chi connectivity index (χ4n) is 2.43. The summed E-state index contributed by atoms with van der Waals surface area (Å²) >= 11 is 0. The van der Waals surface area contributed by atoms with Crippen molar-refractivity contribution in [3.05, 3.63) is 57.8 Å². The van der Waals surface area contributed by atoms with Crippen LogP contribution in [0.3, 0.4) is 0 Å².